The molecule has 1 rings (SSSR count). The maximum Gasteiger partial charge on any atom is 0.153 e. The smallest absolute Gasteiger partial charge is 0.153 e. The molecule has 1 aliphatic carbocycles. The van der Waals surface area contributed by atoms with Crippen molar-refractivity contribution in [1.29, 1.82) is 0 Å². The Balaban J connectivity index is 2.79. The SMILES string of the molecule is C=CCOC1(C=O)C(C=O)C1(C)C. The van der Waals surface area contributed by atoms with E-state index in [1.54, 1.807) is 6.08 Å². The zero-order valence-electron chi connectivity index (χ0n) is 7.95. The van der Waals surface area contributed by atoms with Crippen molar-refractivity contribution in [3.63, 3.8) is 0 Å². The second kappa shape index (κ2) is 3.07. The maximum atomic E-state index is 10.9. The van der Waals surface area contributed by atoms with Crippen LogP contribution in [0.1, 0.15) is 13.8 Å². The predicted molar refractivity (Wildman–Crippen MR) is 48.3 cm³/mol. The van der Waals surface area contributed by atoms with Crippen LogP contribution in [0.25, 0.3) is 0 Å². The summed E-state index contributed by atoms with van der Waals surface area (Å²) in [5.74, 6) is -0.322. The Kier molecular flexibility index (Phi) is 2.39. The lowest BCUT2D eigenvalue weighted by molar-refractivity contribution is -0.125. The third-order valence-corrected chi connectivity index (χ3v) is 2.91. The quantitative estimate of drug-likeness (QED) is 0.470. The van der Waals surface area contributed by atoms with Crippen LogP contribution in [0.15, 0.2) is 12.7 Å². The second-order valence-corrected chi connectivity index (χ2v) is 3.85. The van der Waals surface area contributed by atoms with Gasteiger partial charge in [-0.1, -0.05) is 19.9 Å². The highest BCUT2D eigenvalue weighted by molar-refractivity contribution is 5.82. The molecule has 1 fully saturated rings. The molecule has 72 valence electrons. The number of carbonyl (C=O) groups is 2. The Hall–Kier alpha value is -0.960. The van der Waals surface area contributed by atoms with Crippen molar-refractivity contribution in [3.05, 3.63) is 12.7 Å². The van der Waals surface area contributed by atoms with Gasteiger partial charge in [-0.05, 0) is 0 Å². The van der Waals surface area contributed by atoms with E-state index in [0.717, 1.165) is 12.6 Å². The number of hydrogen-bond donors (Lipinski definition) is 0. The lowest BCUT2D eigenvalue weighted by atomic mass is 10.1. The van der Waals surface area contributed by atoms with Gasteiger partial charge in [-0.25, -0.2) is 0 Å². The minimum absolute atomic E-state index is 0.298. The summed E-state index contributed by atoms with van der Waals surface area (Å²) in [6, 6.07) is 0. The van der Waals surface area contributed by atoms with Crippen LogP contribution in [0.5, 0.6) is 0 Å². The fourth-order valence-corrected chi connectivity index (χ4v) is 1.80. The van der Waals surface area contributed by atoms with E-state index in [9.17, 15) is 9.59 Å². The zero-order chi connectivity index (χ0) is 10.1. The summed E-state index contributed by atoms with van der Waals surface area (Å²) in [7, 11) is 0. The normalized spacial score (nSPS) is 35.1. The summed E-state index contributed by atoms with van der Waals surface area (Å²) in [6.07, 6.45) is 3.09. The van der Waals surface area contributed by atoms with Crippen molar-refractivity contribution in [2.45, 2.75) is 19.4 Å². The number of carbonyl (C=O) groups excluding carboxylic acids is 2. The molecule has 0 spiro atoms. The van der Waals surface area contributed by atoms with Crippen LogP contribution in [0, 0.1) is 11.3 Å². The van der Waals surface area contributed by atoms with Crippen molar-refractivity contribution >= 4 is 12.6 Å². The average Bonchev–Trinajstić information content (AvgIpc) is 2.58. The molecule has 1 saturated carbocycles. The van der Waals surface area contributed by atoms with Gasteiger partial charge in [0.15, 0.2) is 6.29 Å². The summed E-state index contributed by atoms with van der Waals surface area (Å²) in [5.41, 5.74) is -1.29. The number of ether oxygens (including phenoxy) is 1. The molecule has 0 radical (unpaired) electrons. The first kappa shape index (κ1) is 10.1. The lowest BCUT2D eigenvalue weighted by Crippen LogP contribution is -2.24. The van der Waals surface area contributed by atoms with E-state index in [1.807, 2.05) is 13.8 Å². The van der Waals surface area contributed by atoms with Crippen LogP contribution in [-0.2, 0) is 14.3 Å². The van der Waals surface area contributed by atoms with Gasteiger partial charge in [0.1, 0.15) is 11.9 Å². The summed E-state index contributed by atoms with van der Waals surface area (Å²) >= 11 is 0. The highest BCUT2D eigenvalue weighted by atomic mass is 16.5. The van der Waals surface area contributed by atoms with Gasteiger partial charge in [0.25, 0.3) is 0 Å². The zero-order valence-corrected chi connectivity index (χ0v) is 7.95. The molecule has 0 aromatic heterocycles. The standard InChI is InChI=1S/C10H14O3/c1-4-5-13-10(7-12)8(6-11)9(10,2)3/h4,6-8H,1,5H2,2-3H3. The molecular formula is C10H14O3. The molecule has 2 atom stereocenters. The van der Waals surface area contributed by atoms with E-state index < -0.39 is 5.60 Å². The van der Waals surface area contributed by atoms with E-state index in [2.05, 4.69) is 6.58 Å². The summed E-state index contributed by atoms with van der Waals surface area (Å²) < 4.78 is 5.34. The van der Waals surface area contributed by atoms with E-state index in [4.69, 9.17) is 4.74 Å². The molecule has 3 heteroatoms. The molecule has 1 aliphatic rings. The number of hydrogen-bond acceptors (Lipinski definition) is 3. The first-order chi connectivity index (χ1) is 6.06. The predicted octanol–water partition coefficient (Wildman–Crippen LogP) is 0.982. The molecule has 0 bridgehead atoms. The largest absolute Gasteiger partial charge is 0.362 e. The highest BCUT2D eigenvalue weighted by Crippen LogP contribution is 2.61. The summed E-state index contributed by atoms with van der Waals surface area (Å²) in [4.78, 5) is 21.5. The van der Waals surface area contributed by atoms with Crippen LogP contribution in [-0.4, -0.2) is 24.8 Å². The average molecular weight is 182 g/mol. The van der Waals surface area contributed by atoms with Crippen LogP contribution in [0.2, 0.25) is 0 Å². The van der Waals surface area contributed by atoms with E-state index in [-0.39, 0.29) is 11.3 Å². The highest BCUT2D eigenvalue weighted by Gasteiger charge is 2.73. The molecule has 0 amide bonds. The molecule has 0 N–H and O–H groups in total. The Bertz CT molecular complexity index is 245. The first-order valence-electron chi connectivity index (χ1n) is 4.23. The van der Waals surface area contributed by atoms with Crippen molar-refractivity contribution in [2.24, 2.45) is 11.3 Å². The second-order valence-electron chi connectivity index (χ2n) is 3.85. The van der Waals surface area contributed by atoms with Crippen molar-refractivity contribution in [1.82, 2.24) is 0 Å². The third kappa shape index (κ3) is 1.15. The fourth-order valence-electron chi connectivity index (χ4n) is 1.80. The first-order valence-corrected chi connectivity index (χ1v) is 4.23. The van der Waals surface area contributed by atoms with Gasteiger partial charge in [0, 0.05) is 5.41 Å². The van der Waals surface area contributed by atoms with Gasteiger partial charge in [-0.2, -0.15) is 0 Å². The van der Waals surface area contributed by atoms with Crippen molar-refractivity contribution in [3.8, 4) is 0 Å². The maximum absolute atomic E-state index is 10.9. The molecule has 0 aromatic rings. The molecule has 0 aliphatic heterocycles. The van der Waals surface area contributed by atoms with Crippen LogP contribution in [0.3, 0.4) is 0 Å². The number of aldehydes is 2. The molecule has 0 heterocycles. The van der Waals surface area contributed by atoms with Crippen LogP contribution >= 0.6 is 0 Å². The topological polar surface area (TPSA) is 43.4 Å². The summed E-state index contributed by atoms with van der Waals surface area (Å²) in [6.45, 7) is 7.49. The van der Waals surface area contributed by atoms with E-state index >= 15 is 0 Å². The fraction of sp³-hybridized carbons (Fsp3) is 0.600. The molecule has 0 aromatic carbocycles. The van der Waals surface area contributed by atoms with Gasteiger partial charge < -0.3 is 14.3 Å². The van der Waals surface area contributed by atoms with Gasteiger partial charge >= 0.3 is 0 Å². The van der Waals surface area contributed by atoms with E-state index in [1.165, 1.54) is 0 Å². The van der Waals surface area contributed by atoms with Gasteiger partial charge in [-0.3, -0.25) is 0 Å². The molecule has 2 unspecified atom stereocenters. The van der Waals surface area contributed by atoms with Gasteiger partial charge in [0.05, 0.1) is 12.5 Å². The third-order valence-electron chi connectivity index (χ3n) is 2.91. The van der Waals surface area contributed by atoms with Crippen LogP contribution < -0.4 is 0 Å². The molecular weight excluding hydrogens is 168 g/mol. The minimum atomic E-state index is -0.914. The minimum Gasteiger partial charge on any atom is -0.362 e. The molecule has 13 heavy (non-hydrogen) atoms. The summed E-state index contributed by atoms with van der Waals surface area (Å²) in [5, 5.41) is 0. The molecule has 3 nitrogen and oxygen atoms in total. The van der Waals surface area contributed by atoms with Crippen LogP contribution in [0.4, 0.5) is 0 Å². The number of rotatable bonds is 5. The lowest BCUT2D eigenvalue weighted by Gasteiger charge is -2.12. The molecule has 0 saturated heterocycles. The Morgan fingerprint density at radius 2 is 2.08 bits per heavy atom. The van der Waals surface area contributed by atoms with Crippen molar-refractivity contribution < 1.29 is 14.3 Å². The Labute approximate surface area is 77.8 Å². The van der Waals surface area contributed by atoms with Gasteiger partial charge in [0.2, 0.25) is 0 Å². The Morgan fingerprint density at radius 1 is 1.46 bits per heavy atom. The van der Waals surface area contributed by atoms with Gasteiger partial charge in [-0.15, -0.1) is 6.58 Å². The van der Waals surface area contributed by atoms with E-state index in [0.29, 0.717) is 6.61 Å². The van der Waals surface area contributed by atoms with Crippen molar-refractivity contribution in [2.75, 3.05) is 6.61 Å². The Morgan fingerprint density at radius 3 is 2.38 bits per heavy atom. The monoisotopic (exact) mass is 182 g/mol.